The van der Waals surface area contributed by atoms with Gasteiger partial charge in [-0.1, -0.05) is 18.5 Å². The van der Waals surface area contributed by atoms with E-state index in [0.717, 1.165) is 12.5 Å². The van der Waals surface area contributed by atoms with Gasteiger partial charge in [0.15, 0.2) is 11.2 Å². The van der Waals surface area contributed by atoms with E-state index < -0.39 is 11.9 Å². The fourth-order valence-corrected chi connectivity index (χ4v) is 2.15. The Morgan fingerprint density at radius 1 is 1.30 bits per heavy atom. The van der Waals surface area contributed by atoms with Crippen molar-refractivity contribution in [3.8, 4) is 0 Å². The molecule has 0 saturated carbocycles. The third-order valence-electron chi connectivity index (χ3n) is 3.20. The van der Waals surface area contributed by atoms with Crippen LogP contribution in [0.15, 0.2) is 33.5 Å². The van der Waals surface area contributed by atoms with Crippen LogP contribution in [0.1, 0.15) is 30.8 Å². The number of benzene rings is 1. The Kier molecular flexibility index (Phi) is 5.39. The van der Waals surface area contributed by atoms with Crippen LogP contribution in [-0.2, 0) is 4.79 Å². The third kappa shape index (κ3) is 4.10. The molecule has 0 aliphatic heterocycles. The summed E-state index contributed by atoms with van der Waals surface area (Å²) in [7, 11) is 0. The van der Waals surface area contributed by atoms with Crippen molar-refractivity contribution in [3.05, 3.63) is 45.3 Å². The summed E-state index contributed by atoms with van der Waals surface area (Å²) < 4.78 is 5.42. The predicted molar refractivity (Wildman–Crippen MR) is 87.7 cm³/mol. The summed E-state index contributed by atoms with van der Waals surface area (Å²) in [6, 6.07) is 4.92. The van der Waals surface area contributed by atoms with Gasteiger partial charge in [-0.15, -0.1) is 0 Å². The molecule has 0 aliphatic carbocycles. The lowest BCUT2D eigenvalue weighted by molar-refractivity contribution is -0.122. The minimum absolute atomic E-state index is 0.153. The van der Waals surface area contributed by atoms with Crippen molar-refractivity contribution in [1.82, 2.24) is 10.6 Å². The molecule has 2 rings (SSSR count). The molecule has 0 unspecified atom stereocenters. The summed E-state index contributed by atoms with van der Waals surface area (Å²) in [5.41, 5.74) is -0.114. The van der Waals surface area contributed by atoms with Gasteiger partial charge in [-0.3, -0.25) is 14.4 Å². The first-order valence-electron chi connectivity index (χ1n) is 7.24. The van der Waals surface area contributed by atoms with Crippen molar-refractivity contribution in [2.75, 3.05) is 6.54 Å². The molecule has 23 heavy (non-hydrogen) atoms. The molecule has 2 N–H and O–H groups in total. The van der Waals surface area contributed by atoms with Gasteiger partial charge >= 0.3 is 0 Å². The highest BCUT2D eigenvalue weighted by Gasteiger charge is 2.18. The molecule has 0 bridgehead atoms. The summed E-state index contributed by atoms with van der Waals surface area (Å²) in [5.74, 6) is -1.08. The molecule has 1 aromatic carbocycles. The molecule has 6 nitrogen and oxygen atoms in total. The van der Waals surface area contributed by atoms with Crippen LogP contribution in [0, 0.1) is 0 Å². The van der Waals surface area contributed by atoms with Gasteiger partial charge in [0.1, 0.15) is 11.6 Å². The molecule has 122 valence electrons. The Morgan fingerprint density at radius 2 is 2.04 bits per heavy atom. The Hall–Kier alpha value is -2.34. The van der Waals surface area contributed by atoms with Crippen LogP contribution in [0.3, 0.4) is 0 Å². The fraction of sp³-hybridized carbons (Fsp3) is 0.312. The smallest absolute Gasteiger partial charge is 0.287 e. The zero-order valence-electron chi connectivity index (χ0n) is 12.8. The number of fused-ring (bicyclic) bond motifs is 1. The molecule has 1 atom stereocenters. The van der Waals surface area contributed by atoms with Gasteiger partial charge in [-0.25, -0.2) is 0 Å². The highest BCUT2D eigenvalue weighted by Crippen LogP contribution is 2.17. The van der Waals surface area contributed by atoms with Crippen LogP contribution in [0.5, 0.6) is 0 Å². The van der Waals surface area contributed by atoms with Gasteiger partial charge in [-0.2, -0.15) is 0 Å². The predicted octanol–water partition coefficient (Wildman–Crippen LogP) is 2.09. The number of nitrogens with one attached hydrogen (secondary N) is 2. The normalized spacial score (nSPS) is 12.0. The van der Waals surface area contributed by atoms with E-state index in [-0.39, 0.29) is 22.7 Å². The maximum atomic E-state index is 12.1. The minimum atomic E-state index is -0.736. The quantitative estimate of drug-likeness (QED) is 0.875. The second kappa shape index (κ2) is 7.28. The maximum absolute atomic E-state index is 12.1. The van der Waals surface area contributed by atoms with Crippen molar-refractivity contribution in [2.24, 2.45) is 0 Å². The summed E-state index contributed by atoms with van der Waals surface area (Å²) >= 11 is 5.83. The van der Waals surface area contributed by atoms with E-state index in [1.54, 1.807) is 13.0 Å². The van der Waals surface area contributed by atoms with E-state index in [1.807, 2.05) is 6.92 Å². The van der Waals surface area contributed by atoms with Crippen molar-refractivity contribution >= 4 is 34.4 Å². The minimum Gasteiger partial charge on any atom is -0.451 e. The lowest BCUT2D eigenvalue weighted by atomic mass is 10.2. The molecule has 0 spiro atoms. The second-order valence-electron chi connectivity index (χ2n) is 5.10. The van der Waals surface area contributed by atoms with Crippen molar-refractivity contribution in [1.29, 1.82) is 0 Å². The van der Waals surface area contributed by atoms with Gasteiger partial charge < -0.3 is 15.1 Å². The molecule has 1 aromatic heterocycles. The molecule has 7 heteroatoms. The number of amides is 2. The van der Waals surface area contributed by atoms with Gasteiger partial charge in [-0.05, 0) is 31.5 Å². The number of carbonyl (C=O) groups is 2. The molecule has 1 heterocycles. The zero-order chi connectivity index (χ0) is 17.0. The van der Waals surface area contributed by atoms with Crippen LogP contribution >= 0.6 is 11.6 Å². The first-order chi connectivity index (χ1) is 10.9. The third-order valence-corrected chi connectivity index (χ3v) is 3.44. The first kappa shape index (κ1) is 17.0. The number of hydrogen-bond donors (Lipinski definition) is 2. The molecule has 2 aromatic rings. The molecule has 0 fully saturated rings. The van der Waals surface area contributed by atoms with E-state index >= 15 is 0 Å². The number of rotatable bonds is 5. The Balaban J connectivity index is 2.20. The van der Waals surface area contributed by atoms with E-state index in [0.29, 0.717) is 17.0 Å². The molecule has 0 aliphatic rings. The lowest BCUT2D eigenvalue weighted by Gasteiger charge is -2.13. The monoisotopic (exact) mass is 336 g/mol. The van der Waals surface area contributed by atoms with Gasteiger partial charge in [0.25, 0.3) is 5.91 Å². The SMILES string of the molecule is CCCNC(=O)[C@H](C)NC(=O)c1cc(=O)c2cc(Cl)ccc2o1. The molecule has 0 radical (unpaired) electrons. The van der Waals surface area contributed by atoms with Crippen LogP contribution < -0.4 is 16.1 Å². The molecule has 2 amide bonds. The average Bonchev–Trinajstić information content (AvgIpc) is 2.52. The molecular weight excluding hydrogens is 320 g/mol. The van der Waals surface area contributed by atoms with Crippen molar-refractivity contribution in [3.63, 3.8) is 0 Å². The standard InChI is InChI=1S/C16H17ClN2O4/c1-3-6-18-15(21)9(2)19-16(22)14-8-12(20)11-7-10(17)4-5-13(11)23-14/h4-5,7-9H,3,6H2,1-2H3,(H,18,21)(H,19,22)/t9-/m0/s1. The van der Waals surface area contributed by atoms with Gasteiger partial charge in [0.2, 0.25) is 5.91 Å². The topological polar surface area (TPSA) is 88.4 Å². The second-order valence-corrected chi connectivity index (χ2v) is 5.54. The van der Waals surface area contributed by atoms with Crippen molar-refractivity contribution < 1.29 is 14.0 Å². The number of hydrogen-bond acceptors (Lipinski definition) is 4. The number of halogens is 1. The van der Waals surface area contributed by atoms with Gasteiger partial charge in [0, 0.05) is 17.6 Å². The van der Waals surface area contributed by atoms with E-state index in [1.165, 1.54) is 12.1 Å². The highest BCUT2D eigenvalue weighted by molar-refractivity contribution is 6.31. The molecular formula is C16H17ClN2O4. The Bertz CT molecular complexity index is 800. The summed E-state index contributed by atoms with van der Waals surface area (Å²) in [6.07, 6.45) is 0.800. The fourth-order valence-electron chi connectivity index (χ4n) is 1.98. The number of carbonyl (C=O) groups excluding carboxylic acids is 2. The summed E-state index contributed by atoms with van der Waals surface area (Å²) in [6.45, 7) is 4.02. The molecule has 0 saturated heterocycles. The lowest BCUT2D eigenvalue weighted by Crippen LogP contribution is -2.45. The van der Waals surface area contributed by atoms with Crippen LogP contribution in [0.25, 0.3) is 11.0 Å². The van der Waals surface area contributed by atoms with Crippen LogP contribution in [0.4, 0.5) is 0 Å². The largest absolute Gasteiger partial charge is 0.451 e. The first-order valence-corrected chi connectivity index (χ1v) is 7.62. The van der Waals surface area contributed by atoms with E-state index in [2.05, 4.69) is 10.6 Å². The Morgan fingerprint density at radius 3 is 2.74 bits per heavy atom. The Labute approximate surface area is 137 Å². The summed E-state index contributed by atoms with van der Waals surface area (Å²) in [4.78, 5) is 35.9. The zero-order valence-corrected chi connectivity index (χ0v) is 13.6. The van der Waals surface area contributed by atoms with Gasteiger partial charge in [0.05, 0.1) is 5.39 Å². The van der Waals surface area contributed by atoms with Crippen molar-refractivity contribution in [2.45, 2.75) is 26.3 Å². The summed E-state index contributed by atoms with van der Waals surface area (Å²) in [5, 5.41) is 5.87. The van der Waals surface area contributed by atoms with E-state index in [4.69, 9.17) is 16.0 Å². The average molecular weight is 337 g/mol. The van der Waals surface area contributed by atoms with Crippen LogP contribution in [0.2, 0.25) is 5.02 Å². The van der Waals surface area contributed by atoms with E-state index in [9.17, 15) is 14.4 Å². The van der Waals surface area contributed by atoms with Crippen LogP contribution in [-0.4, -0.2) is 24.4 Å². The highest BCUT2D eigenvalue weighted by atomic mass is 35.5. The maximum Gasteiger partial charge on any atom is 0.287 e.